The van der Waals surface area contributed by atoms with Gasteiger partial charge >= 0.3 is 0 Å². The molecule has 0 unspecified atom stereocenters. The van der Waals surface area contributed by atoms with E-state index < -0.39 is 0 Å². The molecule has 0 aliphatic heterocycles. The lowest BCUT2D eigenvalue weighted by Crippen LogP contribution is -2.30. The smallest absolute Gasteiger partial charge is 0.0674 e. The molecule has 72 valence electrons. The van der Waals surface area contributed by atoms with Crippen LogP contribution in [-0.2, 0) is 5.54 Å². The van der Waals surface area contributed by atoms with Crippen molar-refractivity contribution in [3.63, 3.8) is 0 Å². The van der Waals surface area contributed by atoms with E-state index in [4.69, 9.17) is 5.73 Å². The van der Waals surface area contributed by atoms with E-state index in [2.05, 4.69) is 17.1 Å². The Morgan fingerprint density at radius 3 is 2.57 bits per heavy atom. The van der Waals surface area contributed by atoms with Crippen LogP contribution in [0.1, 0.15) is 19.5 Å². The Morgan fingerprint density at radius 1 is 1.14 bits per heavy atom. The molecule has 2 nitrogen and oxygen atoms in total. The molecule has 2 heteroatoms. The normalized spacial score (nSPS) is 11.9. The summed E-state index contributed by atoms with van der Waals surface area (Å²) in [6.07, 6.45) is 1.81. The second-order valence-electron chi connectivity index (χ2n) is 4.10. The third-order valence-electron chi connectivity index (χ3n) is 2.28. The first kappa shape index (κ1) is 9.16. The minimum Gasteiger partial charge on any atom is -0.321 e. The number of pyridine rings is 1. The molecule has 2 N–H and O–H groups in total. The van der Waals surface area contributed by atoms with E-state index in [1.54, 1.807) is 0 Å². The van der Waals surface area contributed by atoms with Gasteiger partial charge in [0.25, 0.3) is 0 Å². The summed E-state index contributed by atoms with van der Waals surface area (Å²) >= 11 is 0. The Morgan fingerprint density at radius 2 is 1.86 bits per heavy atom. The van der Waals surface area contributed by atoms with Gasteiger partial charge in [-0.15, -0.1) is 0 Å². The van der Waals surface area contributed by atoms with Crippen molar-refractivity contribution in [2.45, 2.75) is 19.4 Å². The van der Waals surface area contributed by atoms with Gasteiger partial charge in [-0.2, -0.15) is 0 Å². The third kappa shape index (κ3) is 1.49. The van der Waals surface area contributed by atoms with E-state index in [0.717, 1.165) is 11.1 Å². The highest BCUT2D eigenvalue weighted by atomic mass is 14.8. The SMILES string of the molecule is CC(C)(N)c1nccc2ccccc12. The highest BCUT2D eigenvalue weighted by Crippen LogP contribution is 2.23. The summed E-state index contributed by atoms with van der Waals surface area (Å²) in [6, 6.07) is 10.2. The van der Waals surface area contributed by atoms with E-state index in [0.29, 0.717) is 0 Å². The summed E-state index contributed by atoms with van der Waals surface area (Å²) in [7, 11) is 0. The first-order valence-electron chi connectivity index (χ1n) is 4.72. The molecule has 2 rings (SSSR count). The van der Waals surface area contributed by atoms with Crippen molar-refractivity contribution in [1.82, 2.24) is 4.98 Å². The van der Waals surface area contributed by atoms with Crippen LogP contribution in [0.4, 0.5) is 0 Å². The van der Waals surface area contributed by atoms with E-state index in [-0.39, 0.29) is 5.54 Å². The zero-order valence-corrected chi connectivity index (χ0v) is 8.49. The lowest BCUT2D eigenvalue weighted by atomic mass is 9.96. The van der Waals surface area contributed by atoms with Crippen molar-refractivity contribution >= 4 is 10.8 Å². The van der Waals surface area contributed by atoms with E-state index in [1.807, 2.05) is 38.2 Å². The summed E-state index contributed by atoms with van der Waals surface area (Å²) in [6.45, 7) is 3.95. The Labute approximate surface area is 83.8 Å². The van der Waals surface area contributed by atoms with Crippen LogP contribution in [0.5, 0.6) is 0 Å². The highest BCUT2D eigenvalue weighted by Gasteiger charge is 2.18. The molecule has 0 atom stereocenters. The molecule has 1 aromatic heterocycles. The number of nitrogens with zero attached hydrogens (tertiary/aromatic N) is 1. The minimum absolute atomic E-state index is 0.388. The van der Waals surface area contributed by atoms with Crippen molar-refractivity contribution in [3.8, 4) is 0 Å². The lowest BCUT2D eigenvalue weighted by Gasteiger charge is -2.19. The minimum atomic E-state index is -0.388. The van der Waals surface area contributed by atoms with Crippen LogP contribution in [0.15, 0.2) is 36.5 Å². The molecule has 0 aliphatic carbocycles. The molecule has 0 aliphatic rings. The highest BCUT2D eigenvalue weighted by molar-refractivity contribution is 5.84. The fourth-order valence-electron chi connectivity index (χ4n) is 1.63. The van der Waals surface area contributed by atoms with Gasteiger partial charge in [-0.05, 0) is 25.3 Å². The van der Waals surface area contributed by atoms with Gasteiger partial charge in [-0.25, -0.2) is 0 Å². The summed E-state index contributed by atoms with van der Waals surface area (Å²) in [5, 5.41) is 2.33. The topological polar surface area (TPSA) is 38.9 Å². The molecule has 0 radical (unpaired) electrons. The Balaban J connectivity index is 2.78. The van der Waals surface area contributed by atoms with Crippen molar-refractivity contribution in [3.05, 3.63) is 42.2 Å². The van der Waals surface area contributed by atoms with E-state index in [9.17, 15) is 0 Å². The molecule has 0 amide bonds. The van der Waals surface area contributed by atoms with Gasteiger partial charge in [-0.1, -0.05) is 24.3 Å². The largest absolute Gasteiger partial charge is 0.321 e. The van der Waals surface area contributed by atoms with Crippen molar-refractivity contribution < 1.29 is 0 Å². The van der Waals surface area contributed by atoms with Crippen molar-refractivity contribution in [1.29, 1.82) is 0 Å². The zero-order valence-electron chi connectivity index (χ0n) is 8.49. The molecule has 0 saturated heterocycles. The van der Waals surface area contributed by atoms with E-state index in [1.165, 1.54) is 5.39 Å². The number of nitrogens with two attached hydrogens (primary N) is 1. The quantitative estimate of drug-likeness (QED) is 0.742. The second-order valence-corrected chi connectivity index (χ2v) is 4.10. The van der Waals surface area contributed by atoms with Crippen LogP contribution < -0.4 is 5.73 Å². The number of hydrogen-bond acceptors (Lipinski definition) is 2. The molecular formula is C12H14N2. The molecule has 2 aromatic rings. The summed E-state index contributed by atoms with van der Waals surface area (Å²) in [4.78, 5) is 4.35. The van der Waals surface area contributed by atoms with Gasteiger partial charge in [0.1, 0.15) is 0 Å². The van der Waals surface area contributed by atoms with Crippen LogP contribution in [0.25, 0.3) is 10.8 Å². The maximum absolute atomic E-state index is 6.06. The Bertz CT molecular complexity index is 450. The van der Waals surface area contributed by atoms with Crippen LogP contribution in [-0.4, -0.2) is 4.98 Å². The van der Waals surface area contributed by atoms with Gasteiger partial charge in [0.05, 0.1) is 11.2 Å². The number of benzene rings is 1. The molecule has 0 spiro atoms. The first-order valence-corrected chi connectivity index (χ1v) is 4.72. The van der Waals surface area contributed by atoms with Gasteiger partial charge in [0.2, 0.25) is 0 Å². The van der Waals surface area contributed by atoms with Gasteiger partial charge in [0, 0.05) is 11.6 Å². The third-order valence-corrected chi connectivity index (χ3v) is 2.28. The fourth-order valence-corrected chi connectivity index (χ4v) is 1.63. The lowest BCUT2D eigenvalue weighted by molar-refractivity contribution is 0.541. The maximum atomic E-state index is 6.06. The molecule has 0 fully saturated rings. The second kappa shape index (κ2) is 3.07. The molecule has 14 heavy (non-hydrogen) atoms. The Hall–Kier alpha value is -1.41. The first-order chi connectivity index (χ1) is 6.59. The average Bonchev–Trinajstić information content (AvgIpc) is 2.15. The number of rotatable bonds is 1. The average molecular weight is 186 g/mol. The van der Waals surface area contributed by atoms with Crippen molar-refractivity contribution in [2.75, 3.05) is 0 Å². The number of aromatic nitrogens is 1. The molecule has 0 bridgehead atoms. The number of hydrogen-bond donors (Lipinski definition) is 1. The van der Waals surface area contributed by atoms with E-state index >= 15 is 0 Å². The Kier molecular flexibility index (Phi) is 2.01. The summed E-state index contributed by atoms with van der Waals surface area (Å²) < 4.78 is 0. The fraction of sp³-hybridized carbons (Fsp3) is 0.250. The summed E-state index contributed by atoms with van der Waals surface area (Å²) in [5.41, 5.74) is 6.63. The predicted octanol–water partition coefficient (Wildman–Crippen LogP) is 2.43. The van der Waals surface area contributed by atoms with Gasteiger partial charge < -0.3 is 5.73 Å². The van der Waals surface area contributed by atoms with Gasteiger partial charge in [0.15, 0.2) is 0 Å². The predicted molar refractivity (Wildman–Crippen MR) is 59.0 cm³/mol. The van der Waals surface area contributed by atoms with Crippen LogP contribution >= 0.6 is 0 Å². The zero-order chi connectivity index (χ0) is 10.2. The standard InChI is InChI=1S/C12H14N2/c1-12(2,13)11-10-6-4-3-5-9(10)7-8-14-11/h3-8H,13H2,1-2H3. The molecular weight excluding hydrogens is 172 g/mol. The molecule has 0 saturated carbocycles. The summed E-state index contributed by atoms with van der Waals surface area (Å²) in [5.74, 6) is 0. The maximum Gasteiger partial charge on any atom is 0.0674 e. The van der Waals surface area contributed by atoms with Crippen LogP contribution in [0, 0.1) is 0 Å². The monoisotopic (exact) mass is 186 g/mol. The number of fused-ring (bicyclic) bond motifs is 1. The van der Waals surface area contributed by atoms with Crippen LogP contribution in [0.2, 0.25) is 0 Å². The molecule has 1 aromatic carbocycles. The van der Waals surface area contributed by atoms with Crippen LogP contribution in [0.3, 0.4) is 0 Å². The van der Waals surface area contributed by atoms with Gasteiger partial charge in [-0.3, -0.25) is 4.98 Å². The van der Waals surface area contributed by atoms with Crippen molar-refractivity contribution in [2.24, 2.45) is 5.73 Å². The molecule has 1 heterocycles.